The lowest BCUT2D eigenvalue weighted by molar-refractivity contribution is -0.333. The van der Waals surface area contributed by atoms with Crippen LogP contribution < -0.4 is 0 Å². The van der Waals surface area contributed by atoms with Crippen LogP contribution >= 0.6 is 0 Å². The van der Waals surface area contributed by atoms with Crippen molar-refractivity contribution in [3.8, 4) is 0 Å². The maximum absolute atomic E-state index is 14.9. The number of rotatable bonds is 11. The monoisotopic (exact) mass is 836 g/mol. The Hall–Kier alpha value is -3.79. The molecule has 332 valence electrons. The van der Waals surface area contributed by atoms with Gasteiger partial charge in [-0.05, 0) is 92.8 Å². The Bertz CT molecular complexity index is 1890. The third-order valence-electron chi connectivity index (χ3n) is 13.0. The second kappa shape index (κ2) is 19.1. The summed E-state index contributed by atoms with van der Waals surface area (Å²) in [4.78, 5) is 67.4. The fourth-order valence-corrected chi connectivity index (χ4v) is 9.60. The number of pyridine rings is 1. The topological polar surface area (TPSA) is 157 Å². The van der Waals surface area contributed by atoms with E-state index in [1.54, 1.807) is 38.8 Å². The van der Waals surface area contributed by atoms with Crippen molar-refractivity contribution in [2.45, 2.75) is 122 Å². The number of benzene rings is 1. The fraction of sp³-hybridized carbons (Fsp3) is 0.674. The summed E-state index contributed by atoms with van der Waals surface area (Å²) >= 11 is 0. The summed E-state index contributed by atoms with van der Waals surface area (Å²) in [5.41, 5.74) is -1.09. The minimum atomic E-state index is -1.90. The molecule has 0 bridgehead atoms. The molecule has 1 amide bonds. The molecule has 14 heteroatoms. The minimum Gasteiger partial charge on any atom is -0.458 e. The fourth-order valence-electron chi connectivity index (χ4n) is 9.60. The number of likely N-dealkylation sites (N-methyl/N-ethyl adjacent to an activating group) is 2. The molecule has 5 rings (SSSR count). The van der Waals surface area contributed by atoms with Crippen molar-refractivity contribution in [2.24, 2.45) is 23.7 Å². The van der Waals surface area contributed by atoms with E-state index >= 15 is 0 Å². The number of amides is 1. The number of hydrogen-bond acceptors (Lipinski definition) is 13. The second-order valence-corrected chi connectivity index (χ2v) is 18.2. The molecule has 3 aliphatic heterocycles. The highest BCUT2D eigenvalue weighted by Gasteiger charge is 2.60. The molecule has 0 spiro atoms. The van der Waals surface area contributed by atoms with Gasteiger partial charge in [0.05, 0.1) is 42.0 Å². The quantitative estimate of drug-likeness (QED) is 0.175. The van der Waals surface area contributed by atoms with Crippen molar-refractivity contribution in [2.75, 3.05) is 54.5 Å². The van der Waals surface area contributed by atoms with Gasteiger partial charge in [-0.25, -0.2) is 4.79 Å². The number of cyclic esters (lactones) is 1. The van der Waals surface area contributed by atoms with Crippen molar-refractivity contribution in [3.05, 3.63) is 48.2 Å². The first-order valence-electron chi connectivity index (χ1n) is 21.4. The molecule has 1 N–H and O–H groups in total. The zero-order chi connectivity index (χ0) is 44.3. The number of aliphatic hydroxyl groups is 1. The Morgan fingerprint density at radius 3 is 2.37 bits per heavy atom. The molecule has 0 unspecified atom stereocenters. The van der Waals surface area contributed by atoms with Crippen molar-refractivity contribution in [1.29, 1.82) is 0 Å². The predicted octanol–water partition coefficient (Wildman–Crippen LogP) is 5.39. The molecule has 1 aromatic heterocycles. The van der Waals surface area contributed by atoms with Gasteiger partial charge in [0, 0.05) is 42.4 Å². The van der Waals surface area contributed by atoms with Gasteiger partial charge in [-0.3, -0.25) is 24.3 Å². The first-order chi connectivity index (χ1) is 28.2. The first kappa shape index (κ1) is 47.3. The number of carbonyl (C=O) groups is 4. The summed E-state index contributed by atoms with van der Waals surface area (Å²) < 4.78 is 31.9. The predicted molar refractivity (Wildman–Crippen MR) is 228 cm³/mol. The highest BCUT2D eigenvalue weighted by molar-refractivity contribution is 6.00. The van der Waals surface area contributed by atoms with E-state index < -0.39 is 82.8 Å². The highest BCUT2D eigenvalue weighted by Crippen LogP contribution is 2.44. The summed E-state index contributed by atoms with van der Waals surface area (Å²) in [6, 6.07) is 8.52. The summed E-state index contributed by atoms with van der Waals surface area (Å²) in [5.74, 6) is -7.15. The largest absolute Gasteiger partial charge is 0.458 e. The van der Waals surface area contributed by atoms with Crippen LogP contribution in [0.1, 0.15) is 80.2 Å². The van der Waals surface area contributed by atoms with Gasteiger partial charge in [0.1, 0.15) is 24.4 Å². The van der Waals surface area contributed by atoms with Gasteiger partial charge >= 0.3 is 12.1 Å². The molecule has 0 saturated carbocycles. The molecule has 2 aromatic rings. The van der Waals surface area contributed by atoms with Crippen molar-refractivity contribution >= 4 is 40.6 Å². The van der Waals surface area contributed by atoms with E-state index in [0.717, 1.165) is 16.5 Å². The van der Waals surface area contributed by atoms with E-state index in [2.05, 4.69) is 4.98 Å². The number of hydrogen-bond donors (Lipinski definition) is 1. The Morgan fingerprint density at radius 2 is 1.70 bits per heavy atom. The Morgan fingerprint density at radius 1 is 1.00 bits per heavy atom. The van der Waals surface area contributed by atoms with Crippen LogP contribution in [0.3, 0.4) is 0 Å². The number of ketones is 2. The van der Waals surface area contributed by atoms with Gasteiger partial charge in [-0.15, -0.1) is 0 Å². The average molecular weight is 837 g/mol. The van der Waals surface area contributed by atoms with Gasteiger partial charge in [-0.1, -0.05) is 58.0 Å². The smallest absolute Gasteiger partial charge is 0.410 e. The molecule has 12 atom stereocenters. The Balaban J connectivity index is 1.61. The molecular formula is C46H68N4O10. The third kappa shape index (κ3) is 9.95. The molecule has 3 fully saturated rings. The molecule has 0 radical (unpaired) electrons. The standard InChI is InChI=1S/C46H68N4O10/c1-13-37-45(8)40(50(43(54)60-45)21-20-48(9)10)30(4)38(51)28(2)25-44(7,57-22-16-17-33-24-34-18-14-15-19-35(34)47-26-33)41(31(5)39(52)32(6)42(53)58-37)59-46(55)27-56-29(3)23-36(46)49(11)12/h14-19,24,26,28-32,36-37,40-41,55H,13,20-23,25,27H2,1-12H3/b17-16+/t28-,29-,30+,31+,32-,36+,37-,40-,41-,44-,45-,46-/m1/s1. The summed E-state index contributed by atoms with van der Waals surface area (Å²) in [5, 5.41) is 13.4. The summed E-state index contributed by atoms with van der Waals surface area (Å²) in [6.07, 6.45) is 3.35. The third-order valence-corrected chi connectivity index (χ3v) is 13.0. The van der Waals surface area contributed by atoms with E-state index in [1.807, 2.05) is 101 Å². The molecule has 3 saturated heterocycles. The number of fused-ring (bicyclic) bond motifs is 2. The van der Waals surface area contributed by atoms with Gasteiger partial charge in [0.25, 0.3) is 0 Å². The lowest BCUT2D eigenvalue weighted by atomic mass is 9.73. The van der Waals surface area contributed by atoms with Crippen LogP contribution in [0.2, 0.25) is 0 Å². The second-order valence-electron chi connectivity index (χ2n) is 18.2. The van der Waals surface area contributed by atoms with Crippen molar-refractivity contribution in [3.63, 3.8) is 0 Å². The SMILES string of the molecule is CC[C@H]1OC(=O)[C@H](C)C(=O)[C@H](C)[C@@H](O[C@]2(O)CO[C@H](C)C[C@@H]2N(C)C)[C@](C)(OC/C=C/c2cnc3ccccc3c2)C[C@@H](C)C(=O)[C@H](C)[C@H]2N(CCN(C)C)C(=O)O[C@]12C. The van der Waals surface area contributed by atoms with Crippen LogP contribution in [-0.2, 0) is 38.1 Å². The highest BCUT2D eigenvalue weighted by atomic mass is 16.7. The summed E-state index contributed by atoms with van der Waals surface area (Å²) in [6.45, 7) is 14.6. The molecular weight excluding hydrogens is 769 g/mol. The van der Waals surface area contributed by atoms with Crippen molar-refractivity contribution in [1.82, 2.24) is 19.7 Å². The maximum atomic E-state index is 14.9. The molecule has 4 heterocycles. The summed E-state index contributed by atoms with van der Waals surface area (Å²) in [7, 11) is 7.48. The lowest BCUT2D eigenvalue weighted by Crippen LogP contribution is -2.64. The Kier molecular flexibility index (Phi) is 15.0. The molecule has 0 aliphatic carbocycles. The zero-order valence-corrected chi connectivity index (χ0v) is 37.7. The van der Waals surface area contributed by atoms with E-state index in [4.69, 9.17) is 23.7 Å². The van der Waals surface area contributed by atoms with E-state index in [1.165, 1.54) is 6.92 Å². The number of esters is 1. The molecule has 14 nitrogen and oxygen atoms in total. The number of Topliss-reactive ketones (excluding diaryl/α,β-unsaturated/α-hetero) is 2. The maximum Gasteiger partial charge on any atom is 0.410 e. The van der Waals surface area contributed by atoms with Crippen LogP contribution in [0.25, 0.3) is 17.0 Å². The van der Waals surface area contributed by atoms with Crippen LogP contribution in [0, 0.1) is 23.7 Å². The van der Waals surface area contributed by atoms with E-state index in [9.17, 15) is 24.3 Å². The molecule has 60 heavy (non-hydrogen) atoms. The van der Waals surface area contributed by atoms with Crippen LogP contribution in [0.5, 0.6) is 0 Å². The lowest BCUT2D eigenvalue weighted by Gasteiger charge is -2.50. The number of carbonyl (C=O) groups excluding carboxylic acids is 4. The Labute approximate surface area is 355 Å². The molecule has 1 aromatic carbocycles. The van der Waals surface area contributed by atoms with Crippen LogP contribution in [0.4, 0.5) is 4.79 Å². The first-order valence-corrected chi connectivity index (χ1v) is 21.4. The van der Waals surface area contributed by atoms with Crippen LogP contribution in [0.15, 0.2) is 42.6 Å². The van der Waals surface area contributed by atoms with Gasteiger partial charge in [0.2, 0.25) is 5.79 Å². The number of para-hydroxylation sites is 1. The average Bonchev–Trinajstić information content (AvgIpc) is 3.47. The molecule has 3 aliphatic rings. The normalized spacial score (nSPS) is 36.2. The minimum absolute atomic E-state index is 0.0424. The zero-order valence-electron chi connectivity index (χ0n) is 37.7. The van der Waals surface area contributed by atoms with Crippen LogP contribution in [-0.4, -0.2) is 150 Å². The number of nitrogens with zero attached hydrogens (tertiary/aromatic N) is 4. The number of aromatic nitrogens is 1. The van der Waals surface area contributed by atoms with Crippen molar-refractivity contribution < 1.29 is 48.0 Å². The van der Waals surface area contributed by atoms with E-state index in [-0.39, 0.29) is 44.5 Å². The van der Waals surface area contributed by atoms with Gasteiger partial charge in [0.15, 0.2) is 11.4 Å². The number of ether oxygens (including phenoxy) is 5. The van der Waals surface area contributed by atoms with Gasteiger partial charge < -0.3 is 38.6 Å². The van der Waals surface area contributed by atoms with E-state index in [0.29, 0.717) is 13.0 Å². The van der Waals surface area contributed by atoms with Gasteiger partial charge in [-0.2, -0.15) is 0 Å².